The number of amides is 1. The lowest BCUT2D eigenvalue weighted by Gasteiger charge is -2.25. The van der Waals surface area contributed by atoms with Crippen LogP contribution in [-0.2, 0) is 18.4 Å². The molecule has 0 spiro atoms. The van der Waals surface area contributed by atoms with Crippen molar-refractivity contribution in [3.8, 4) is 0 Å². The maximum absolute atomic E-state index is 13.0. The molecule has 1 amide bonds. The summed E-state index contributed by atoms with van der Waals surface area (Å²) in [6, 6.07) is -0.873. The number of rotatable bonds is 54. The molecule has 3 N–H and O–H groups in total. The highest BCUT2D eigenvalue weighted by Crippen LogP contribution is 2.43. The Hall–Kier alpha value is -2.58. The number of aliphatic hydroxyl groups is 1. The number of quaternary nitrogens is 1. The molecule has 0 aromatic heterocycles. The molecule has 0 bridgehead atoms. The van der Waals surface area contributed by atoms with Gasteiger partial charge in [-0.25, -0.2) is 4.57 Å². The fourth-order valence-corrected chi connectivity index (χ4v) is 9.09. The Balaban J connectivity index is 4.25. The molecule has 0 aliphatic carbocycles. The lowest BCUT2D eigenvalue weighted by Crippen LogP contribution is -2.45. The van der Waals surface area contributed by atoms with Gasteiger partial charge in [0.15, 0.2) is 0 Å². The number of nitrogens with zero attached hydrogens (tertiary/aromatic N) is 1. The molecule has 0 radical (unpaired) electrons. The van der Waals surface area contributed by atoms with Gasteiger partial charge in [0.05, 0.1) is 39.9 Å². The standard InChI is InChI=1S/C64H115N2O6P/c1-6-8-10-12-14-16-18-20-22-24-26-28-30-31-32-33-34-35-36-38-40-42-44-46-48-50-52-54-56-58-64(68)65-62(61-72-73(69,70)71-60-59-66(3,4)5)63(67)57-55-53-51-49-47-45-43-41-39-37-29-27-25-23-21-19-17-15-13-11-9-7-2/h8,10,14,16,20,22,26,28,31-32,34-35,47,49,55,57,62-63,67H,6-7,9,11-13,15,17-19,21,23-25,27,29-30,33,36-46,48,50-54,56,58-61H2,1-5H3,(H-,65,68,69,70)/p+1/b10-8-,16-14-,22-20-,28-26-,32-31-,35-34-,49-47+,57-55+. The van der Waals surface area contributed by atoms with Crippen LogP contribution < -0.4 is 5.32 Å². The Morgan fingerprint density at radius 3 is 1.26 bits per heavy atom. The third-order valence-electron chi connectivity index (χ3n) is 13.0. The van der Waals surface area contributed by atoms with Gasteiger partial charge in [-0.3, -0.25) is 13.8 Å². The first kappa shape index (κ1) is 70.4. The van der Waals surface area contributed by atoms with Crippen LogP contribution in [0.5, 0.6) is 0 Å². The number of hydrogen-bond acceptors (Lipinski definition) is 5. The van der Waals surface area contributed by atoms with E-state index in [1.165, 1.54) is 148 Å². The van der Waals surface area contributed by atoms with Crippen LogP contribution in [0.3, 0.4) is 0 Å². The van der Waals surface area contributed by atoms with Gasteiger partial charge in [0.1, 0.15) is 13.2 Å². The van der Waals surface area contributed by atoms with Gasteiger partial charge >= 0.3 is 7.82 Å². The number of likely N-dealkylation sites (N-methyl/N-ethyl adjacent to an activating group) is 1. The van der Waals surface area contributed by atoms with Crippen molar-refractivity contribution in [3.05, 3.63) is 97.2 Å². The van der Waals surface area contributed by atoms with E-state index in [-0.39, 0.29) is 19.1 Å². The Morgan fingerprint density at radius 1 is 0.479 bits per heavy atom. The number of phosphoric ester groups is 1. The first-order valence-electron chi connectivity index (χ1n) is 30.1. The molecule has 73 heavy (non-hydrogen) atoms. The number of carbonyl (C=O) groups is 1. The van der Waals surface area contributed by atoms with Gasteiger partial charge in [-0.1, -0.05) is 259 Å². The SMILES string of the molecule is CC/C=C\C/C=C\C/C=C\C/C=C\C/C=C\C/C=C\CCCCCCCCCCCCC(=O)NC(COP(=O)(O)OCC[N+](C)(C)C)C(O)/C=C/CC/C=C/CCCCCCCCCCCCCCCCCC. The summed E-state index contributed by atoms with van der Waals surface area (Å²) in [5.41, 5.74) is 0. The molecular weight excluding hydrogens is 924 g/mol. The number of nitrogens with one attached hydrogen (secondary N) is 1. The van der Waals surface area contributed by atoms with Crippen molar-refractivity contribution in [2.24, 2.45) is 0 Å². The molecule has 0 aliphatic heterocycles. The summed E-state index contributed by atoms with van der Waals surface area (Å²) in [6.45, 7) is 4.69. The summed E-state index contributed by atoms with van der Waals surface area (Å²) >= 11 is 0. The van der Waals surface area contributed by atoms with Gasteiger partial charge in [0.2, 0.25) is 5.91 Å². The largest absolute Gasteiger partial charge is 0.472 e. The van der Waals surface area contributed by atoms with E-state index in [9.17, 15) is 19.4 Å². The second kappa shape index (κ2) is 54.2. The minimum absolute atomic E-state index is 0.0511. The van der Waals surface area contributed by atoms with Crippen molar-refractivity contribution in [1.82, 2.24) is 5.32 Å². The van der Waals surface area contributed by atoms with Crippen molar-refractivity contribution in [2.75, 3.05) is 40.9 Å². The van der Waals surface area contributed by atoms with E-state index in [4.69, 9.17) is 9.05 Å². The normalized spacial score (nSPS) is 14.6. The van der Waals surface area contributed by atoms with Gasteiger partial charge in [-0.2, -0.15) is 0 Å². The average Bonchev–Trinajstić information content (AvgIpc) is 3.35. The number of unbranched alkanes of at least 4 members (excludes halogenated alkanes) is 27. The monoisotopic (exact) mass is 1040 g/mol. The van der Waals surface area contributed by atoms with Crippen LogP contribution in [0.1, 0.15) is 251 Å². The number of allylic oxidation sites excluding steroid dienone is 15. The fourth-order valence-electron chi connectivity index (χ4n) is 8.36. The predicted molar refractivity (Wildman–Crippen MR) is 318 cm³/mol. The maximum Gasteiger partial charge on any atom is 0.472 e. The molecule has 0 heterocycles. The smallest absolute Gasteiger partial charge is 0.387 e. The van der Waals surface area contributed by atoms with Crippen LogP contribution in [0.4, 0.5) is 0 Å². The summed E-state index contributed by atoms with van der Waals surface area (Å²) in [5.74, 6) is -0.194. The second-order valence-electron chi connectivity index (χ2n) is 21.3. The highest BCUT2D eigenvalue weighted by atomic mass is 31.2. The number of phosphoric acid groups is 1. The molecule has 0 aromatic rings. The molecule has 3 atom stereocenters. The fraction of sp³-hybridized carbons (Fsp3) is 0.734. The minimum atomic E-state index is -4.36. The lowest BCUT2D eigenvalue weighted by atomic mass is 10.0. The number of aliphatic hydroxyl groups excluding tert-OH is 1. The summed E-state index contributed by atoms with van der Waals surface area (Å²) < 4.78 is 23.7. The highest BCUT2D eigenvalue weighted by molar-refractivity contribution is 7.47. The summed E-state index contributed by atoms with van der Waals surface area (Å²) in [4.78, 5) is 23.3. The number of hydrogen-bond donors (Lipinski definition) is 3. The summed E-state index contributed by atoms with van der Waals surface area (Å²) in [6.07, 6.45) is 78.0. The van der Waals surface area contributed by atoms with E-state index < -0.39 is 20.0 Å². The topological polar surface area (TPSA) is 105 Å². The Bertz CT molecular complexity index is 1510. The third kappa shape index (κ3) is 57.0. The molecule has 422 valence electrons. The highest BCUT2D eigenvalue weighted by Gasteiger charge is 2.27. The van der Waals surface area contributed by atoms with E-state index in [2.05, 4.69) is 104 Å². The Kier molecular flexibility index (Phi) is 52.3. The van der Waals surface area contributed by atoms with Gasteiger partial charge in [-0.15, -0.1) is 0 Å². The van der Waals surface area contributed by atoms with Crippen molar-refractivity contribution in [3.63, 3.8) is 0 Å². The maximum atomic E-state index is 13.0. The van der Waals surface area contributed by atoms with Crippen molar-refractivity contribution in [1.29, 1.82) is 0 Å². The molecule has 0 saturated carbocycles. The summed E-state index contributed by atoms with van der Waals surface area (Å²) in [7, 11) is 1.54. The molecule has 0 rings (SSSR count). The zero-order valence-electron chi connectivity index (χ0n) is 48.1. The van der Waals surface area contributed by atoms with E-state index in [0.29, 0.717) is 17.4 Å². The molecule has 0 aromatic carbocycles. The first-order chi connectivity index (χ1) is 35.5. The summed E-state index contributed by atoms with van der Waals surface area (Å²) in [5, 5.41) is 13.9. The second-order valence-corrected chi connectivity index (χ2v) is 22.8. The zero-order chi connectivity index (χ0) is 53.5. The van der Waals surface area contributed by atoms with Gasteiger partial charge in [0, 0.05) is 6.42 Å². The first-order valence-corrected chi connectivity index (χ1v) is 31.6. The van der Waals surface area contributed by atoms with Crippen LogP contribution in [0, 0.1) is 0 Å². The predicted octanol–water partition coefficient (Wildman–Crippen LogP) is 18.6. The van der Waals surface area contributed by atoms with E-state index in [1.54, 1.807) is 6.08 Å². The van der Waals surface area contributed by atoms with Gasteiger partial charge in [0.25, 0.3) is 0 Å². The molecular formula is C64H116N2O6P+. The van der Waals surface area contributed by atoms with Gasteiger partial charge in [-0.05, 0) is 83.5 Å². The van der Waals surface area contributed by atoms with Crippen molar-refractivity contribution < 1.29 is 32.9 Å². The van der Waals surface area contributed by atoms with E-state index in [1.807, 2.05) is 27.2 Å². The van der Waals surface area contributed by atoms with Crippen LogP contribution >= 0.6 is 7.82 Å². The number of carbonyl (C=O) groups excluding carboxylic acids is 1. The van der Waals surface area contributed by atoms with E-state index in [0.717, 1.165) is 83.5 Å². The van der Waals surface area contributed by atoms with Crippen LogP contribution in [0.15, 0.2) is 97.2 Å². The Morgan fingerprint density at radius 2 is 0.836 bits per heavy atom. The molecule has 0 saturated heterocycles. The minimum Gasteiger partial charge on any atom is -0.387 e. The van der Waals surface area contributed by atoms with E-state index >= 15 is 0 Å². The van der Waals surface area contributed by atoms with Gasteiger partial charge < -0.3 is 19.8 Å². The molecule has 8 nitrogen and oxygen atoms in total. The molecule has 0 fully saturated rings. The lowest BCUT2D eigenvalue weighted by molar-refractivity contribution is -0.870. The van der Waals surface area contributed by atoms with Crippen LogP contribution in [0.2, 0.25) is 0 Å². The molecule has 0 aliphatic rings. The third-order valence-corrected chi connectivity index (χ3v) is 14.0. The quantitative estimate of drug-likeness (QED) is 0.0243. The molecule has 3 unspecified atom stereocenters. The zero-order valence-corrected chi connectivity index (χ0v) is 49.0. The van der Waals surface area contributed by atoms with Crippen LogP contribution in [0.25, 0.3) is 0 Å². The van der Waals surface area contributed by atoms with Crippen LogP contribution in [-0.4, -0.2) is 73.4 Å². The molecule has 9 heteroatoms. The Labute approximate surface area is 451 Å². The van der Waals surface area contributed by atoms with Crippen molar-refractivity contribution >= 4 is 13.7 Å². The average molecular weight is 1040 g/mol. The van der Waals surface area contributed by atoms with Crippen molar-refractivity contribution in [2.45, 2.75) is 264 Å².